The molecule has 120 valence electrons. The first-order chi connectivity index (χ1) is 11.1. The van der Waals surface area contributed by atoms with Crippen molar-refractivity contribution in [3.8, 4) is 0 Å². The van der Waals surface area contributed by atoms with E-state index < -0.39 is 0 Å². The molecule has 1 aromatic heterocycles. The predicted molar refractivity (Wildman–Crippen MR) is 90.5 cm³/mol. The van der Waals surface area contributed by atoms with Crippen molar-refractivity contribution >= 4 is 17.5 Å². The minimum absolute atomic E-state index is 0.169. The van der Waals surface area contributed by atoms with Gasteiger partial charge in [0.05, 0.1) is 6.42 Å². The number of aromatic nitrogens is 2. The molecular formula is C18H20ClN3O. The molecule has 0 unspecified atom stereocenters. The molecule has 0 N–H and O–H groups in total. The molecule has 1 amide bonds. The van der Waals surface area contributed by atoms with Gasteiger partial charge in [-0.1, -0.05) is 23.7 Å². The zero-order valence-corrected chi connectivity index (χ0v) is 14.0. The van der Waals surface area contributed by atoms with Crippen molar-refractivity contribution in [3.05, 3.63) is 58.6 Å². The maximum atomic E-state index is 12.6. The lowest BCUT2D eigenvalue weighted by Gasteiger charge is -2.32. The molecule has 0 bridgehead atoms. The highest BCUT2D eigenvalue weighted by Crippen LogP contribution is 2.26. The Balaban J connectivity index is 1.65. The number of hydrogen-bond acceptors (Lipinski definition) is 3. The Morgan fingerprint density at radius 2 is 2.09 bits per heavy atom. The highest BCUT2D eigenvalue weighted by Gasteiger charge is 2.25. The number of rotatable bonds is 3. The molecule has 1 aliphatic heterocycles. The molecule has 4 nitrogen and oxygen atoms in total. The molecule has 2 heterocycles. The minimum Gasteiger partial charge on any atom is -0.342 e. The van der Waals surface area contributed by atoms with Crippen LogP contribution in [0, 0.1) is 6.92 Å². The summed E-state index contributed by atoms with van der Waals surface area (Å²) in [7, 11) is 0. The summed E-state index contributed by atoms with van der Waals surface area (Å²) >= 11 is 5.89. The van der Waals surface area contributed by atoms with Crippen molar-refractivity contribution in [2.45, 2.75) is 32.1 Å². The van der Waals surface area contributed by atoms with Crippen LogP contribution < -0.4 is 0 Å². The number of carbonyl (C=O) groups is 1. The second-order valence-electron chi connectivity index (χ2n) is 6.01. The van der Waals surface area contributed by atoms with Crippen molar-refractivity contribution < 1.29 is 4.79 Å². The highest BCUT2D eigenvalue weighted by atomic mass is 35.5. The SMILES string of the molecule is Cc1nccc([C@H]2CCCN(C(=O)Cc3ccc(Cl)cc3)C2)n1. The van der Waals surface area contributed by atoms with Gasteiger partial charge in [0.1, 0.15) is 5.82 Å². The summed E-state index contributed by atoms with van der Waals surface area (Å²) in [6.45, 7) is 3.46. The normalized spacial score (nSPS) is 18.0. The van der Waals surface area contributed by atoms with Gasteiger partial charge in [-0.2, -0.15) is 0 Å². The fourth-order valence-corrected chi connectivity index (χ4v) is 3.16. The molecule has 0 spiro atoms. The molecule has 0 radical (unpaired) electrons. The Hall–Kier alpha value is -1.94. The smallest absolute Gasteiger partial charge is 0.227 e. The van der Waals surface area contributed by atoms with Gasteiger partial charge in [0.25, 0.3) is 0 Å². The molecule has 5 heteroatoms. The van der Waals surface area contributed by atoms with Crippen LogP contribution in [0.2, 0.25) is 5.02 Å². The molecule has 1 atom stereocenters. The molecule has 0 saturated carbocycles. The van der Waals surface area contributed by atoms with E-state index in [9.17, 15) is 4.79 Å². The van der Waals surface area contributed by atoms with E-state index >= 15 is 0 Å². The fraction of sp³-hybridized carbons (Fsp3) is 0.389. The van der Waals surface area contributed by atoms with Gasteiger partial charge in [-0.3, -0.25) is 4.79 Å². The summed E-state index contributed by atoms with van der Waals surface area (Å²) in [6, 6.07) is 9.44. The number of benzene rings is 1. The van der Waals surface area contributed by atoms with Crippen molar-refractivity contribution in [1.82, 2.24) is 14.9 Å². The number of carbonyl (C=O) groups excluding carboxylic acids is 1. The molecule has 1 aromatic carbocycles. The van der Waals surface area contributed by atoms with Crippen LogP contribution in [0.25, 0.3) is 0 Å². The molecule has 0 aliphatic carbocycles. The van der Waals surface area contributed by atoms with E-state index in [0.29, 0.717) is 17.4 Å². The van der Waals surface area contributed by atoms with Gasteiger partial charge in [-0.05, 0) is 43.5 Å². The summed E-state index contributed by atoms with van der Waals surface area (Å²) in [4.78, 5) is 23.2. The number of aryl methyl sites for hydroxylation is 1. The van der Waals surface area contributed by atoms with Crippen molar-refractivity contribution in [1.29, 1.82) is 0 Å². The molecule has 3 rings (SSSR count). The van der Waals surface area contributed by atoms with Crippen LogP contribution in [-0.2, 0) is 11.2 Å². The Labute approximate surface area is 141 Å². The third-order valence-corrected chi connectivity index (χ3v) is 4.51. The predicted octanol–water partition coefficient (Wildman–Crippen LogP) is 3.39. The van der Waals surface area contributed by atoms with Crippen LogP contribution in [-0.4, -0.2) is 33.9 Å². The second-order valence-corrected chi connectivity index (χ2v) is 6.45. The van der Waals surface area contributed by atoms with Crippen LogP contribution in [0.5, 0.6) is 0 Å². The number of hydrogen-bond donors (Lipinski definition) is 0. The topological polar surface area (TPSA) is 46.1 Å². The number of amides is 1. The summed E-state index contributed by atoms with van der Waals surface area (Å²) in [6.07, 6.45) is 4.31. The number of halogens is 1. The van der Waals surface area contributed by atoms with Gasteiger partial charge < -0.3 is 4.90 Å². The van der Waals surface area contributed by atoms with E-state index in [1.165, 1.54) is 0 Å². The van der Waals surface area contributed by atoms with E-state index in [4.69, 9.17) is 11.6 Å². The monoisotopic (exact) mass is 329 g/mol. The van der Waals surface area contributed by atoms with Crippen molar-refractivity contribution in [3.63, 3.8) is 0 Å². The Morgan fingerprint density at radius 1 is 1.30 bits per heavy atom. The van der Waals surface area contributed by atoms with Crippen LogP contribution in [0.3, 0.4) is 0 Å². The lowest BCUT2D eigenvalue weighted by Crippen LogP contribution is -2.40. The van der Waals surface area contributed by atoms with Gasteiger partial charge >= 0.3 is 0 Å². The van der Waals surface area contributed by atoms with Gasteiger partial charge in [0.15, 0.2) is 0 Å². The summed E-state index contributed by atoms with van der Waals surface area (Å²) in [5.41, 5.74) is 2.04. The van der Waals surface area contributed by atoms with Crippen molar-refractivity contribution in [2.24, 2.45) is 0 Å². The van der Waals surface area contributed by atoms with Gasteiger partial charge in [-0.15, -0.1) is 0 Å². The zero-order valence-electron chi connectivity index (χ0n) is 13.2. The lowest BCUT2D eigenvalue weighted by atomic mass is 9.94. The van der Waals surface area contributed by atoms with E-state index in [2.05, 4.69) is 9.97 Å². The number of piperidine rings is 1. The van der Waals surface area contributed by atoms with E-state index in [-0.39, 0.29) is 5.91 Å². The van der Waals surface area contributed by atoms with Crippen LogP contribution in [0.15, 0.2) is 36.5 Å². The third kappa shape index (κ3) is 4.08. The van der Waals surface area contributed by atoms with Crippen LogP contribution in [0.1, 0.15) is 35.8 Å². The molecule has 23 heavy (non-hydrogen) atoms. The average Bonchev–Trinajstić information content (AvgIpc) is 2.57. The summed E-state index contributed by atoms with van der Waals surface area (Å²) < 4.78 is 0. The van der Waals surface area contributed by atoms with Crippen LogP contribution in [0.4, 0.5) is 0 Å². The van der Waals surface area contributed by atoms with E-state index in [0.717, 1.165) is 43.0 Å². The summed E-state index contributed by atoms with van der Waals surface area (Å²) in [5.74, 6) is 1.26. The maximum absolute atomic E-state index is 12.6. The quantitative estimate of drug-likeness (QED) is 0.867. The van der Waals surface area contributed by atoms with Crippen LogP contribution >= 0.6 is 11.6 Å². The Morgan fingerprint density at radius 3 is 2.83 bits per heavy atom. The zero-order chi connectivity index (χ0) is 16.2. The molecular weight excluding hydrogens is 310 g/mol. The first-order valence-electron chi connectivity index (χ1n) is 7.93. The molecule has 1 saturated heterocycles. The van der Waals surface area contributed by atoms with Gasteiger partial charge in [-0.25, -0.2) is 9.97 Å². The standard InChI is InChI=1S/C18H20ClN3O/c1-13-20-9-8-17(21-13)15-3-2-10-22(12-15)18(23)11-14-4-6-16(19)7-5-14/h4-9,15H,2-3,10-12H2,1H3/t15-/m0/s1. The second kappa shape index (κ2) is 7.09. The summed E-state index contributed by atoms with van der Waals surface area (Å²) in [5, 5.41) is 0.693. The molecule has 1 aliphatic rings. The maximum Gasteiger partial charge on any atom is 0.227 e. The number of likely N-dealkylation sites (tertiary alicyclic amines) is 1. The van der Waals surface area contributed by atoms with Gasteiger partial charge in [0.2, 0.25) is 5.91 Å². The van der Waals surface area contributed by atoms with E-state index in [1.54, 1.807) is 6.20 Å². The Bertz CT molecular complexity index is 687. The minimum atomic E-state index is 0.169. The highest BCUT2D eigenvalue weighted by molar-refractivity contribution is 6.30. The number of nitrogens with zero attached hydrogens (tertiary/aromatic N) is 3. The first kappa shape index (κ1) is 15.9. The van der Waals surface area contributed by atoms with E-state index in [1.807, 2.05) is 42.2 Å². The van der Waals surface area contributed by atoms with Gasteiger partial charge in [0, 0.05) is 35.9 Å². The molecule has 2 aromatic rings. The third-order valence-electron chi connectivity index (χ3n) is 4.26. The Kier molecular flexibility index (Phi) is 4.91. The fourth-order valence-electron chi connectivity index (χ4n) is 3.04. The average molecular weight is 330 g/mol. The van der Waals surface area contributed by atoms with Crippen molar-refractivity contribution in [2.75, 3.05) is 13.1 Å². The lowest BCUT2D eigenvalue weighted by molar-refractivity contribution is -0.131. The molecule has 1 fully saturated rings. The first-order valence-corrected chi connectivity index (χ1v) is 8.31. The largest absolute Gasteiger partial charge is 0.342 e.